The van der Waals surface area contributed by atoms with Crippen LogP contribution >= 0.6 is 0 Å². The van der Waals surface area contributed by atoms with Gasteiger partial charge in [0.1, 0.15) is 11.6 Å². The van der Waals surface area contributed by atoms with Crippen molar-refractivity contribution in [3.63, 3.8) is 0 Å². The fraction of sp³-hybridized carbons (Fsp3) is 0.214. The summed E-state index contributed by atoms with van der Waals surface area (Å²) in [5.41, 5.74) is 1.68. The van der Waals surface area contributed by atoms with Crippen LogP contribution in [-0.4, -0.2) is 16.5 Å². The molecule has 0 radical (unpaired) electrons. The molecule has 5 heteroatoms. The Morgan fingerprint density at radius 3 is 2.95 bits per heavy atom. The van der Waals surface area contributed by atoms with E-state index in [1.54, 1.807) is 18.2 Å². The van der Waals surface area contributed by atoms with Gasteiger partial charge in [0.25, 0.3) is 5.56 Å². The third kappa shape index (κ3) is 1.97. The fourth-order valence-electron chi connectivity index (χ4n) is 2.27. The molecule has 0 amide bonds. The smallest absolute Gasteiger partial charge is 0.259 e. The summed E-state index contributed by atoms with van der Waals surface area (Å²) in [4.78, 5) is 19.1. The van der Waals surface area contributed by atoms with Crippen molar-refractivity contribution in [1.82, 2.24) is 15.3 Å². The van der Waals surface area contributed by atoms with E-state index in [4.69, 9.17) is 0 Å². The number of benzene rings is 1. The van der Waals surface area contributed by atoms with Gasteiger partial charge in [0.2, 0.25) is 0 Å². The first-order valence-corrected chi connectivity index (χ1v) is 6.16. The highest BCUT2D eigenvalue weighted by Crippen LogP contribution is 2.20. The first kappa shape index (κ1) is 11.5. The van der Waals surface area contributed by atoms with E-state index in [2.05, 4.69) is 21.4 Å². The zero-order chi connectivity index (χ0) is 13.2. The first-order chi connectivity index (χ1) is 9.29. The average Bonchev–Trinajstić information content (AvgIpc) is 2.94. The highest BCUT2D eigenvalue weighted by atomic mass is 16.1. The van der Waals surface area contributed by atoms with E-state index in [1.807, 2.05) is 6.07 Å². The number of rotatable bonds is 1. The van der Waals surface area contributed by atoms with Crippen LogP contribution in [0.1, 0.15) is 18.7 Å². The molecule has 1 fully saturated rings. The van der Waals surface area contributed by atoms with Crippen molar-refractivity contribution < 1.29 is 0 Å². The van der Waals surface area contributed by atoms with Crippen molar-refractivity contribution in [3.05, 3.63) is 46.1 Å². The monoisotopic (exact) mass is 252 g/mol. The maximum Gasteiger partial charge on any atom is 0.259 e. The quantitative estimate of drug-likeness (QED) is 0.754. The summed E-state index contributed by atoms with van der Waals surface area (Å²) < 4.78 is 0. The molecule has 2 aromatic rings. The van der Waals surface area contributed by atoms with Gasteiger partial charge in [-0.05, 0) is 25.0 Å². The lowest BCUT2D eigenvalue weighted by atomic mass is 10.1. The minimum absolute atomic E-state index is 0.216. The minimum Gasteiger partial charge on any atom is -0.387 e. The van der Waals surface area contributed by atoms with E-state index in [1.165, 1.54) is 0 Å². The summed E-state index contributed by atoms with van der Waals surface area (Å²) in [6.07, 6.45) is 1.82. The van der Waals surface area contributed by atoms with E-state index in [0.29, 0.717) is 22.3 Å². The largest absolute Gasteiger partial charge is 0.387 e. The van der Waals surface area contributed by atoms with Crippen LogP contribution in [0, 0.1) is 11.3 Å². The van der Waals surface area contributed by atoms with Crippen LogP contribution in [0.4, 0.5) is 0 Å². The van der Waals surface area contributed by atoms with Gasteiger partial charge in [-0.15, -0.1) is 0 Å². The number of para-hydroxylation sites is 1. The molecule has 1 aliphatic heterocycles. The molecule has 3 rings (SSSR count). The van der Waals surface area contributed by atoms with E-state index < -0.39 is 0 Å². The van der Waals surface area contributed by atoms with Gasteiger partial charge in [-0.3, -0.25) is 4.79 Å². The molecule has 0 saturated carbocycles. The lowest BCUT2D eigenvalue weighted by molar-refractivity contribution is 0.903. The number of nitrogens with one attached hydrogen (secondary N) is 2. The highest BCUT2D eigenvalue weighted by molar-refractivity contribution is 5.82. The minimum atomic E-state index is -0.216. The number of aromatic nitrogens is 2. The molecule has 0 bridgehead atoms. The molecule has 0 spiro atoms. The van der Waals surface area contributed by atoms with Gasteiger partial charge in [0.15, 0.2) is 5.82 Å². The van der Waals surface area contributed by atoms with Gasteiger partial charge in [0.05, 0.1) is 10.9 Å². The third-order valence-corrected chi connectivity index (χ3v) is 3.21. The molecule has 1 saturated heterocycles. The molecule has 0 atom stereocenters. The van der Waals surface area contributed by atoms with Crippen molar-refractivity contribution in [2.24, 2.45) is 0 Å². The zero-order valence-electron chi connectivity index (χ0n) is 10.2. The summed E-state index contributed by atoms with van der Waals surface area (Å²) in [6, 6.07) is 9.25. The summed E-state index contributed by atoms with van der Waals surface area (Å²) in [5, 5.41) is 13.0. The Hall–Kier alpha value is -2.61. The third-order valence-electron chi connectivity index (χ3n) is 3.21. The SMILES string of the molecule is N#C/C(=C1\CCCN1)c1nc2ccccc2c(=O)[nH]1. The maximum atomic E-state index is 12.0. The van der Waals surface area contributed by atoms with Crippen molar-refractivity contribution in [3.8, 4) is 6.07 Å². The number of nitrogens with zero attached hydrogens (tertiary/aromatic N) is 2. The Morgan fingerprint density at radius 1 is 1.37 bits per heavy atom. The topological polar surface area (TPSA) is 81.6 Å². The number of H-pyrrole nitrogens is 1. The van der Waals surface area contributed by atoms with Gasteiger partial charge in [0, 0.05) is 12.2 Å². The van der Waals surface area contributed by atoms with Gasteiger partial charge in [-0.2, -0.15) is 5.26 Å². The predicted molar refractivity (Wildman–Crippen MR) is 72.1 cm³/mol. The zero-order valence-corrected chi connectivity index (χ0v) is 10.2. The van der Waals surface area contributed by atoms with Crippen LogP contribution in [0.3, 0.4) is 0 Å². The van der Waals surface area contributed by atoms with Gasteiger partial charge in [-0.1, -0.05) is 12.1 Å². The molecule has 1 aromatic carbocycles. The number of hydrogen-bond donors (Lipinski definition) is 2. The molecule has 2 N–H and O–H groups in total. The second-order valence-electron chi connectivity index (χ2n) is 4.43. The molecule has 19 heavy (non-hydrogen) atoms. The number of aromatic amines is 1. The Labute approximate surface area is 109 Å². The molecule has 1 aromatic heterocycles. The lowest BCUT2D eigenvalue weighted by Crippen LogP contribution is -2.13. The number of allylic oxidation sites excluding steroid dienone is 2. The van der Waals surface area contributed by atoms with Gasteiger partial charge >= 0.3 is 0 Å². The van der Waals surface area contributed by atoms with Gasteiger partial charge < -0.3 is 10.3 Å². The molecule has 0 aliphatic carbocycles. The number of nitriles is 1. The molecular formula is C14H12N4O. The Morgan fingerprint density at radius 2 is 2.21 bits per heavy atom. The molecule has 2 heterocycles. The Kier molecular flexibility index (Phi) is 2.76. The van der Waals surface area contributed by atoms with Crippen LogP contribution in [0.5, 0.6) is 0 Å². The predicted octanol–water partition coefficient (Wildman–Crippen LogP) is 1.54. The van der Waals surface area contributed by atoms with E-state index >= 15 is 0 Å². The van der Waals surface area contributed by atoms with E-state index in [-0.39, 0.29) is 5.56 Å². The van der Waals surface area contributed by atoms with Crippen molar-refractivity contribution >= 4 is 16.5 Å². The number of hydrogen-bond acceptors (Lipinski definition) is 4. The second kappa shape index (κ2) is 4.58. The Balaban J connectivity index is 2.23. The summed E-state index contributed by atoms with van der Waals surface area (Å²) >= 11 is 0. The average molecular weight is 252 g/mol. The molecule has 94 valence electrons. The normalized spacial score (nSPS) is 17.0. The van der Waals surface area contributed by atoms with Crippen LogP contribution in [0.2, 0.25) is 0 Å². The summed E-state index contributed by atoms with van der Waals surface area (Å²) in [5.74, 6) is 0.343. The maximum absolute atomic E-state index is 12.0. The van der Waals surface area contributed by atoms with Crippen LogP contribution in [0.15, 0.2) is 34.8 Å². The first-order valence-electron chi connectivity index (χ1n) is 6.16. The highest BCUT2D eigenvalue weighted by Gasteiger charge is 2.16. The molecular weight excluding hydrogens is 240 g/mol. The molecule has 1 aliphatic rings. The Bertz CT molecular complexity index is 759. The van der Waals surface area contributed by atoms with E-state index in [0.717, 1.165) is 25.1 Å². The van der Waals surface area contributed by atoms with Crippen LogP contribution < -0.4 is 10.9 Å². The van der Waals surface area contributed by atoms with Crippen molar-refractivity contribution in [2.75, 3.05) is 6.54 Å². The summed E-state index contributed by atoms with van der Waals surface area (Å²) in [6.45, 7) is 0.859. The number of fused-ring (bicyclic) bond motifs is 1. The fourth-order valence-corrected chi connectivity index (χ4v) is 2.27. The van der Waals surface area contributed by atoms with E-state index in [9.17, 15) is 10.1 Å². The van der Waals surface area contributed by atoms with Crippen molar-refractivity contribution in [1.29, 1.82) is 5.26 Å². The van der Waals surface area contributed by atoms with Crippen LogP contribution in [0.25, 0.3) is 16.5 Å². The second-order valence-corrected chi connectivity index (χ2v) is 4.43. The molecule has 5 nitrogen and oxygen atoms in total. The standard InChI is InChI=1S/C14H12N4O/c15-8-10(11-6-3-7-16-11)13-17-12-5-2-1-4-9(12)14(19)18-13/h1-2,4-5,16H,3,6-7H2,(H,17,18,19)/b11-10-. The lowest BCUT2D eigenvalue weighted by Gasteiger charge is -2.05. The van der Waals surface area contributed by atoms with Crippen LogP contribution in [-0.2, 0) is 0 Å². The molecule has 0 unspecified atom stereocenters. The van der Waals surface area contributed by atoms with Gasteiger partial charge in [-0.25, -0.2) is 4.98 Å². The van der Waals surface area contributed by atoms with Crippen molar-refractivity contribution in [2.45, 2.75) is 12.8 Å². The summed E-state index contributed by atoms with van der Waals surface area (Å²) in [7, 11) is 0.